The first-order valence-electron chi connectivity index (χ1n) is 3.92. The number of ether oxygens (including phenoxy) is 1. The van der Waals surface area contributed by atoms with Gasteiger partial charge in [0.15, 0.2) is 0 Å². The zero-order valence-electron chi connectivity index (χ0n) is 6.75. The molecule has 1 aromatic rings. The van der Waals surface area contributed by atoms with Gasteiger partial charge in [-0.2, -0.15) is 0 Å². The number of hydrogen-bond donors (Lipinski definition) is 0. The van der Waals surface area contributed by atoms with E-state index in [1.807, 2.05) is 18.2 Å². The molecule has 0 spiro atoms. The van der Waals surface area contributed by atoms with Crippen LogP contribution >= 0.6 is 25.0 Å². The lowest BCUT2D eigenvalue weighted by molar-refractivity contribution is -0.135. The summed E-state index contributed by atoms with van der Waals surface area (Å²) in [4.78, 5) is 12.1. The maximum Gasteiger partial charge on any atom is 0.311 e. The predicted octanol–water partition coefficient (Wildman–Crippen LogP) is 2.94. The normalized spacial score (nSPS) is 15.0. The molecular weight excluding hydrogens is 252 g/mol. The van der Waals surface area contributed by atoms with E-state index in [2.05, 4.69) is 14.8 Å². The average Bonchev–Trinajstić information content (AvgIpc) is 2.17. The minimum atomic E-state index is -0.133. The van der Waals surface area contributed by atoms with Gasteiger partial charge in [0.25, 0.3) is 0 Å². The van der Waals surface area contributed by atoms with E-state index in [0.29, 0.717) is 12.2 Å². The fourth-order valence-corrected chi connectivity index (χ4v) is 2.22. The highest BCUT2D eigenvalue weighted by atomic mass is 79.9. The van der Waals surface area contributed by atoms with Crippen molar-refractivity contribution in [3.05, 3.63) is 23.8 Å². The molecule has 0 aliphatic carbocycles. The fraction of sp³-hybridized carbons (Fsp3) is 0.222. The number of rotatable bonds is 1. The van der Waals surface area contributed by atoms with Crippen molar-refractivity contribution in [2.45, 2.75) is 17.7 Å². The van der Waals surface area contributed by atoms with Gasteiger partial charge in [0, 0.05) is 4.90 Å². The van der Waals surface area contributed by atoms with Crippen LogP contribution in [0.3, 0.4) is 0 Å². The Morgan fingerprint density at radius 3 is 3.00 bits per heavy atom. The Balaban J connectivity index is 2.36. The van der Waals surface area contributed by atoms with E-state index >= 15 is 0 Å². The first-order chi connectivity index (χ1) is 6.29. The second-order valence-corrected chi connectivity index (χ2v) is 4.42. The van der Waals surface area contributed by atoms with Crippen LogP contribution in [0, 0.1) is 0 Å². The summed E-state index contributed by atoms with van der Waals surface area (Å²) in [5, 5.41) is 0. The van der Waals surface area contributed by atoms with Crippen LogP contribution < -0.4 is 4.74 Å². The Hall–Kier alpha value is -0.480. The molecule has 1 heterocycles. The van der Waals surface area contributed by atoms with Gasteiger partial charge in [0.2, 0.25) is 0 Å². The molecule has 0 bridgehead atoms. The standard InChI is InChI=1S/C9H7BrO2S/c10-13-7-2-3-8-6(5-7)1-4-9(11)12-8/h2-3,5H,1,4H2. The SMILES string of the molecule is O=C1CCc2cc(SBr)ccc2O1. The van der Waals surface area contributed by atoms with Gasteiger partial charge in [-0.15, -0.1) is 0 Å². The third-order valence-corrected chi connectivity index (χ3v) is 3.50. The zero-order valence-corrected chi connectivity index (χ0v) is 9.15. The largest absolute Gasteiger partial charge is 0.426 e. The molecule has 0 amide bonds. The number of esters is 1. The van der Waals surface area contributed by atoms with Crippen molar-refractivity contribution in [3.8, 4) is 5.75 Å². The van der Waals surface area contributed by atoms with E-state index in [-0.39, 0.29) is 5.97 Å². The first kappa shape index (κ1) is 9.09. The van der Waals surface area contributed by atoms with Gasteiger partial charge in [-0.3, -0.25) is 4.79 Å². The average molecular weight is 259 g/mol. The molecule has 1 aliphatic rings. The van der Waals surface area contributed by atoms with E-state index in [0.717, 1.165) is 16.9 Å². The number of benzene rings is 1. The van der Waals surface area contributed by atoms with Crippen molar-refractivity contribution in [1.29, 1.82) is 0 Å². The van der Waals surface area contributed by atoms with E-state index in [4.69, 9.17) is 4.74 Å². The number of carbonyl (C=O) groups excluding carboxylic acids is 1. The lowest BCUT2D eigenvalue weighted by Crippen LogP contribution is -2.15. The van der Waals surface area contributed by atoms with Gasteiger partial charge in [-0.25, -0.2) is 0 Å². The van der Waals surface area contributed by atoms with Gasteiger partial charge in [0.1, 0.15) is 5.75 Å². The van der Waals surface area contributed by atoms with Crippen LogP contribution in [0.2, 0.25) is 0 Å². The summed E-state index contributed by atoms with van der Waals surface area (Å²) in [6, 6.07) is 5.81. The highest BCUT2D eigenvalue weighted by Gasteiger charge is 2.16. The molecule has 0 saturated carbocycles. The summed E-state index contributed by atoms with van der Waals surface area (Å²) in [6.45, 7) is 0. The predicted molar refractivity (Wildman–Crippen MR) is 55.2 cm³/mol. The monoisotopic (exact) mass is 258 g/mol. The number of hydrogen-bond acceptors (Lipinski definition) is 3. The minimum absolute atomic E-state index is 0.133. The molecule has 2 nitrogen and oxygen atoms in total. The summed E-state index contributed by atoms with van der Waals surface area (Å²) in [6.07, 6.45) is 1.28. The van der Waals surface area contributed by atoms with E-state index in [1.165, 1.54) is 10.2 Å². The second-order valence-electron chi connectivity index (χ2n) is 2.82. The maximum absolute atomic E-state index is 10.9. The molecule has 2 rings (SSSR count). The van der Waals surface area contributed by atoms with Crippen molar-refractivity contribution < 1.29 is 9.53 Å². The zero-order chi connectivity index (χ0) is 9.26. The smallest absolute Gasteiger partial charge is 0.311 e. The van der Waals surface area contributed by atoms with Crippen LogP contribution in [0.15, 0.2) is 23.1 Å². The molecule has 68 valence electrons. The van der Waals surface area contributed by atoms with Crippen molar-refractivity contribution in [1.82, 2.24) is 0 Å². The molecule has 0 atom stereocenters. The van der Waals surface area contributed by atoms with Crippen molar-refractivity contribution in [3.63, 3.8) is 0 Å². The molecule has 4 heteroatoms. The van der Waals surface area contributed by atoms with E-state index in [9.17, 15) is 4.79 Å². The van der Waals surface area contributed by atoms with Crippen LogP contribution in [-0.4, -0.2) is 5.97 Å². The Morgan fingerprint density at radius 2 is 2.23 bits per heavy atom. The maximum atomic E-state index is 10.9. The summed E-state index contributed by atoms with van der Waals surface area (Å²) in [7, 11) is 1.51. The Labute approximate surface area is 87.9 Å². The van der Waals surface area contributed by atoms with Crippen LogP contribution in [0.5, 0.6) is 5.75 Å². The fourth-order valence-electron chi connectivity index (χ4n) is 1.31. The lowest BCUT2D eigenvalue weighted by Gasteiger charge is -2.15. The molecule has 0 saturated heterocycles. The highest BCUT2D eigenvalue weighted by molar-refractivity contribution is 9.50. The van der Waals surface area contributed by atoms with Crippen molar-refractivity contribution >= 4 is 31.0 Å². The summed E-state index contributed by atoms with van der Waals surface area (Å²) in [5.41, 5.74) is 1.11. The van der Waals surface area contributed by atoms with E-state index < -0.39 is 0 Å². The van der Waals surface area contributed by atoms with E-state index in [1.54, 1.807) is 0 Å². The summed E-state index contributed by atoms with van der Waals surface area (Å²) < 4.78 is 5.07. The van der Waals surface area contributed by atoms with Gasteiger partial charge in [-0.1, -0.05) is 0 Å². The molecule has 1 aliphatic heterocycles. The Bertz CT molecular complexity index is 351. The second kappa shape index (κ2) is 3.72. The highest BCUT2D eigenvalue weighted by Crippen LogP contribution is 2.32. The van der Waals surface area contributed by atoms with Crippen LogP contribution in [-0.2, 0) is 11.2 Å². The van der Waals surface area contributed by atoms with Gasteiger partial charge in [0.05, 0.1) is 6.42 Å². The summed E-state index contributed by atoms with van der Waals surface area (Å²) in [5.74, 6) is 0.577. The number of halogens is 1. The number of carbonyl (C=O) groups is 1. The minimum Gasteiger partial charge on any atom is -0.426 e. The Kier molecular flexibility index (Phi) is 2.60. The third-order valence-electron chi connectivity index (χ3n) is 1.94. The molecule has 0 N–H and O–H groups in total. The molecule has 1 aromatic carbocycles. The van der Waals surface area contributed by atoms with Crippen LogP contribution in [0.25, 0.3) is 0 Å². The molecule has 0 radical (unpaired) electrons. The summed E-state index contributed by atoms with van der Waals surface area (Å²) >= 11 is 3.31. The lowest BCUT2D eigenvalue weighted by atomic mass is 10.1. The van der Waals surface area contributed by atoms with Crippen LogP contribution in [0.1, 0.15) is 12.0 Å². The first-order valence-corrected chi connectivity index (χ1v) is 6.58. The Morgan fingerprint density at radius 1 is 1.38 bits per heavy atom. The van der Waals surface area contributed by atoms with Gasteiger partial charge in [-0.05, 0) is 55.2 Å². The van der Waals surface area contributed by atoms with Gasteiger partial charge < -0.3 is 4.74 Å². The van der Waals surface area contributed by atoms with Crippen molar-refractivity contribution in [2.75, 3.05) is 0 Å². The number of aryl methyl sites for hydroxylation is 1. The molecule has 0 unspecified atom stereocenters. The third kappa shape index (κ3) is 1.89. The molecule has 13 heavy (non-hydrogen) atoms. The molecule has 0 aromatic heterocycles. The molecular formula is C9H7BrO2S. The quantitative estimate of drug-likeness (QED) is 0.573. The molecule has 0 fully saturated rings. The topological polar surface area (TPSA) is 26.3 Å². The van der Waals surface area contributed by atoms with Crippen molar-refractivity contribution in [2.24, 2.45) is 0 Å². The van der Waals surface area contributed by atoms with Gasteiger partial charge >= 0.3 is 5.97 Å². The van der Waals surface area contributed by atoms with Crippen LogP contribution in [0.4, 0.5) is 0 Å². The number of fused-ring (bicyclic) bond motifs is 1.